The minimum Gasteiger partial charge on any atom is -0.328 e. The zero-order valence-electron chi connectivity index (χ0n) is 9.64. The molecule has 0 spiro atoms. The van der Waals surface area contributed by atoms with Crippen molar-refractivity contribution in [2.75, 3.05) is 5.32 Å². The number of H-pyrrole nitrogens is 1. The average molecular weight is 243 g/mol. The monoisotopic (exact) mass is 243 g/mol. The number of benzene rings is 1. The zero-order chi connectivity index (χ0) is 13.0. The molecular weight excluding hydrogens is 230 g/mol. The zero-order valence-corrected chi connectivity index (χ0v) is 9.64. The van der Waals surface area contributed by atoms with Gasteiger partial charge in [-0.05, 0) is 29.8 Å². The van der Waals surface area contributed by atoms with Crippen molar-refractivity contribution in [3.05, 3.63) is 64.1 Å². The van der Waals surface area contributed by atoms with Crippen molar-refractivity contribution in [1.82, 2.24) is 4.98 Å². The molecule has 5 heteroatoms. The van der Waals surface area contributed by atoms with Gasteiger partial charge in [0.05, 0.1) is 0 Å². The summed E-state index contributed by atoms with van der Waals surface area (Å²) in [7, 11) is 0. The summed E-state index contributed by atoms with van der Waals surface area (Å²) in [6.45, 7) is 0.398. The van der Waals surface area contributed by atoms with E-state index in [4.69, 9.17) is 5.73 Å². The van der Waals surface area contributed by atoms with Crippen LogP contribution in [0.15, 0.2) is 47.4 Å². The number of aromatic amines is 1. The fraction of sp³-hybridized carbons (Fsp3) is 0.0769. The number of anilines is 1. The number of aromatic nitrogens is 1. The van der Waals surface area contributed by atoms with Crippen molar-refractivity contribution in [2.45, 2.75) is 6.54 Å². The van der Waals surface area contributed by atoms with Gasteiger partial charge >= 0.3 is 0 Å². The number of rotatable bonds is 3. The van der Waals surface area contributed by atoms with Crippen LogP contribution in [-0.2, 0) is 6.54 Å². The minimum absolute atomic E-state index is 0.0793. The number of carbonyl (C=O) groups excluding carboxylic acids is 1. The molecule has 0 aliphatic heterocycles. The van der Waals surface area contributed by atoms with E-state index in [1.807, 2.05) is 6.07 Å². The van der Waals surface area contributed by atoms with Crippen molar-refractivity contribution < 1.29 is 4.79 Å². The first-order valence-corrected chi connectivity index (χ1v) is 5.49. The summed E-state index contributed by atoms with van der Waals surface area (Å²) in [6.07, 6.45) is 1.48. The number of carbonyl (C=O) groups is 1. The Hall–Kier alpha value is -2.40. The van der Waals surface area contributed by atoms with Crippen LogP contribution >= 0.6 is 0 Å². The Balaban J connectivity index is 2.21. The molecular formula is C13H13N3O2. The molecule has 4 N–H and O–H groups in total. The third-order valence-electron chi connectivity index (χ3n) is 2.48. The van der Waals surface area contributed by atoms with Crippen LogP contribution in [0.1, 0.15) is 15.9 Å². The van der Waals surface area contributed by atoms with Crippen LogP contribution in [0.5, 0.6) is 0 Å². The Morgan fingerprint density at radius 1 is 1.28 bits per heavy atom. The lowest BCUT2D eigenvalue weighted by atomic mass is 10.2. The Kier molecular flexibility index (Phi) is 3.54. The smallest absolute Gasteiger partial charge is 0.261 e. The van der Waals surface area contributed by atoms with E-state index >= 15 is 0 Å². The van der Waals surface area contributed by atoms with Gasteiger partial charge in [0.2, 0.25) is 0 Å². The number of nitrogens with two attached hydrogens (primary N) is 1. The quantitative estimate of drug-likeness (QED) is 0.753. The highest BCUT2D eigenvalue weighted by Crippen LogP contribution is 2.10. The number of nitrogens with one attached hydrogen (secondary N) is 2. The van der Waals surface area contributed by atoms with Crippen LogP contribution in [-0.4, -0.2) is 10.9 Å². The maximum absolute atomic E-state index is 11.9. The van der Waals surface area contributed by atoms with Gasteiger partial charge in [-0.2, -0.15) is 0 Å². The van der Waals surface area contributed by atoms with Gasteiger partial charge in [0, 0.05) is 18.4 Å². The van der Waals surface area contributed by atoms with Gasteiger partial charge in [-0.1, -0.05) is 12.1 Å². The number of hydrogen-bond acceptors (Lipinski definition) is 3. The predicted molar refractivity (Wildman–Crippen MR) is 69.3 cm³/mol. The van der Waals surface area contributed by atoms with Gasteiger partial charge in [0.15, 0.2) is 0 Å². The highest BCUT2D eigenvalue weighted by atomic mass is 16.2. The third kappa shape index (κ3) is 2.64. The molecule has 0 bridgehead atoms. The first-order valence-electron chi connectivity index (χ1n) is 5.49. The molecule has 0 saturated heterocycles. The van der Waals surface area contributed by atoms with E-state index in [0.717, 1.165) is 5.56 Å². The molecule has 0 fully saturated rings. The Bertz CT molecular complexity index is 619. The summed E-state index contributed by atoms with van der Waals surface area (Å²) in [6, 6.07) is 10.3. The summed E-state index contributed by atoms with van der Waals surface area (Å²) in [5, 5.41) is 2.66. The van der Waals surface area contributed by atoms with Crippen LogP contribution < -0.4 is 16.6 Å². The van der Waals surface area contributed by atoms with Gasteiger partial charge in [-0.15, -0.1) is 0 Å². The van der Waals surface area contributed by atoms with Gasteiger partial charge in [0.25, 0.3) is 11.5 Å². The average Bonchev–Trinajstić information content (AvgIpc) is 2.39. The van der Waals surface area contributed by atoms with E-state index in [-0.39, 0.29) is 5.56 Å². The molecule has 18 heavy (non-hydrogen) atoms. The summed E-state index contributed by atoms with van der Waals surface area (Å²) in [5.74, 6) is -0.439. The summed E-state index contributed by atoms with van der Waals surface area (Å²) in [4.78, 5) is 25.8. The SMILES string of the molecule is NCc1cccc(NC(=O)c2ccc[nH]c2=O)c1. The lowest BCUT2D eigenvalue weighted by Gasteiger charge is -2.05. The van der Waals surface area contributed by atoms with Crippen LogP contribution in [0.3, 0.4) is 0 Å². The van der Waals surface area contributed by atoms with Gasteiger partial charge in [-0.3, -0.25) is 9.59 Å². The lowest BCUT2D eigenvalue weighted by molar-refractivity contribution is 0.102. The maximum atomic E-state index is 11.9. The lowest BCUT2D eigenvalue weighted by Crippen LogP contribution is -2.22. The molecule has 1 aromatic carbocycles. The molecule has 0 unspecified atom stereocenters. The first kappa shape index (κ1) is 12.1. The Morgan fingerprint density at radius 3 is 2.83 bits per heavy atom. The fourth-order valence-electron chi connectivity index (χ4n) is 1.57. The van der Waals surface area contributed by atoms with E-state index in [1.165, 1.54) is 12.3 Å². The normalized spacial score (nSPS) is 10.1. The van der Waals surface area contributed by atoms with Crippen LogP contribution in [0, 0.1) is 0 Å². The second-order valence-corrected chi connectivity index (χ2v) is 3.77. The molecule has 0 saturated carbocycles. The van der Waals surface area contributed by atoms with Crippen LogP contribution in [0.2, 0.25) is 0 Å². The van der Waals surface area contributed by atoms with Gasteiger partial charge < -0.3 is 16.0 Å². The highest BCUT2D eigenvalue weighted by molar-refractivity contribution is 6.03. The van der Waals surface area contributed by atoms with Crippen molar-refractivity contribution in [2.24, 2.45) is 5.73 Å². The van der Waals surface area contributed by atoms with Crippen molar-refractivity contribution in [3.8, 4) is 0 Å². The molecule has 2 aromatic rings. The molecule has 2 rings (SSSR count). The first-order chi connectivity index (χ1) is 8.70. The third-order valence-corrected chi connectivity index (χ3v) is 2.48. The summed E-state index contributed by atoms with van der Waals surface area (Å²) in [5.41, 5.74) is 6.71. The molecule has 0 radical (unpaired) electrons. The van der Waals surface area contributed by atoms with Gasteiger partial charge in [-0.25, -0.2) is 0 Å². The van der Waals surface area contributed by atoms with Crippen LogP contribution in [0.25, 0.3) is 0 Å². The van der Waals surface area contributed by atoms with Crippen molar-refractivity contribution in [1.29, 1.82) is 0 Å². The highest BCUT2D eigenvalue weighted by Gasteiger charge is 2.09. The van der Waals surface area contributed by atoms with E-state index < -0.39 is 11.5 Å². The fourth-order valence-corrected chi connectivity index (χ4v) is 1.57. The minimum atomic E-state index is -0.439. The number of amides is 1. The Labute approximate surface area is 104 Å². The standard InChI is InChI=1S/C13H13N3O2/c14-8-9-3-1-4-10(7-9)16-13(18)11-5-2-6-15-12(11)17/h1-7H,8,14H2,(H,15,17)(H,16,18). The van der Waals surface area contributed by atoms with Crippen molar-refractivity contribution in [3.63, 3.8) is 0 Å². The largest absolute Gasteiger partial charge is 0.328 e. The molecule has 5 nitrogen and oxygen atoms in total. The molecule has 0 aliphatic rings. The van der Waals surface area contributed by atoms with E-state index in [2.05, 4.69) is 10.3 Å². The molecule has 0 aliphatic carbocycles. The predicted octanol–water partition coefficient (Wildman–Crippen LogP) is 1.09. The van der Waals surface area contributed by atoms with E-state index in [1.54, 1.807) is 24.3 Å². The van der Waals surface area contributed by atoms with Crippen molar-refractivity contribution >= 4 is 11.6 Å². The topological polar surface area (TPSA) is 88.0 Å². The second kappa shape index (κ2) is 5.29. The molecule has 1 heterocycles. The number of hydrogen-bond donors (Lipinski definition) is 3. The van der Waals surface area contributed by atoms with Crippen LogP contribution in [0.4, 0.5) is 5.69 Å². The van der Waals surface area contributed by atoms with E-state index in [0.29, 0.717) is 12.2 Å². The second-order valence-electron chi connectivity index (χ2n) is 3.77. The molecule has 1 amide bonds. The summed E-state index contributed by atoms with van der Waals surface area (Å²) < 4.78 is 0. The molecule has 1 aromatic heterocycles. The number of pyridine rings is 1. The Morgan fingerprint density at radius 2 is 2.11 bits per heavy atom. The summed E-state index contributed by atoms with van der Waals surface area (Å²) >= 11 is 0. The van der Waals surface area contributed by atoms with Gasteiger partial charge in [0.1, 0.15) is 5.56 Å². The molecule has 0 atom stereocenters. The molecule has 92 valence electrons. The van der Waals surface area contributed by atoms with E-state index in [9.17, 15) is 9.59 Å². The maximum Gasteiger partial charge on any atom is 0.261 e.